The molecule has 0 saturated carbocycles. The van der Waals surface area contributed by atoms with Crippen LogP contribution in [0, 0.1) is 0 Å². The van der Waals surface area contributed by atoms with E-state index in [4.69, 9.17) is 33.0 Å². The zero-order chi connectivity index (χ0) is 19.9. The van der Waals surface area contributed by atoms with Crippen LogP contribution < -0.4 is 4.74 Å². The van der Waals surface area contributed by atoms with Gasteiger partial charge in [-0.15, -0.1) is 0 Å². The summed E-state index contributed by atoms with van der Waals surface area (Å²) in [4.78, 5) is 14.4. The van der Waals surface area contributed by atoms with Gasteiger partial charge in [-0.2, -0.15) is 5.10 Å². The highest BCUT2D eigenvalue weighted by Gasteiger charge is 2.25. The van der Waals surface area contributed by atoms with E-state index in [1.807, 2.05) is 15.6 Å². The number of ether oxygens (including phenoxy) is 1. The molecule has 8 heteroatoms. The number of rotatable bonds is 8. The maximum Gasteiger partial charge on any atom is 0.222 e. The van der Waals surface area contributed by atoms with Crippen LogP contribution in [0.3, 0.4) is 0 Å². The van der Waals surface area contributed by atoms with Crippen LogP contribution in [0.4, 0.5) is 0 Å². The highest BCUT2D eigenvalue weighted by Crippen LogP contribution is 2.31. The van der Waals surface area contributed by atoms with E-state index in [1.165, 1.54) is 0 Å². The van der Waals surface area contributed by atoms with Crippen molar-refractivity contribution in [3.8, 4) is 5.75 Å². The standard InChI is InChI=1S/C20H25Cl2N3O3/c21-16-3-1-4-18(20(16)22)28-14-2-5-19(27)24-10-7-15(8-11-24)17-6-9-23-25(17)12-13-26/h1,3-4,6,9,15,26H,2,5,7-8,10-14H2. The topological polar surface area (TPSA) is 67.6 Å². The Morgan fingerprint density at radius 1 is 1.25 bits per heavy atom. The Hall–Kier alpha value is -1.76. The SMILES string of the molecule is O=C(CCCOc1cccc(Cl)c1Cl)N1CCC(c2ccnn2CCO)CC1. The van der Waals surface area contributed by atoms with Crippen molar-refractivity contribution >= 4 is 29.1 Å². The number of carbonyl (C=O) groups excluding carboxylic acids is 1. The zero-order valence-corrected chi connectivity index (χ0v) is 17.2. The van der Waals surface area contributed by atoms with Gasteiger partial charge < -0.3 is 14.7 Å². The number of nitrogens with zero attached hydrogens (tertiary/aromatic N) is 3. The Balaban J connectivity index is 1.40. The van der Waals surface area contributed by atoms with E-state index in [1.54, 1.807) is 24.4 Å². The average Bonchev–Trinajstić information content (AvgIpc) is 3.17. The minimum atomic E-state index is 0.0779. The number of hydrogen-bond donors (Lipinski definition) is 1. The van der Waals surface area contributed by atoms with Crippen LogP contribution in [0.5, 0.6) is 5.75 Å². The monoisotopic (exact) mass is 425 g/mol. The highest BCUT2D eigenvalue weighted by molar-refractivity contribution is 6.42. The average molecular weight is 426 g/mol. The molecule has 1 saturated heterocycles. The van der Waals surface area contributed by atoms with E-state index in [0.29, 0.717) is 47.7 Å². The van der Waals surface area contributed by atoms with Gasteiger partial charge in [0.1, 0.15) is 10.8 Å². The highest BCUT2D eigenvalue weighted by atomic mass is 35.5. The number of aliphatic hydroxyl groups excluding tert-OH is 1. The molecule has 152 valence electrons. The molecular weight excluding hydrogens is 401 g/mol. The molecule has 2 aromatic rings. The van der Waals surface area contributed by atoms with Crippen molar-refractivity contribution in [3.05, 3.63) is 46.2 Å². The molecule has 1 N–H and O–H groups in total. The summed E-state index contributed by atoms with van der Waals surface area (Å²) in [6.45, 7) is 2.50. The Morgan fingerprint density at radius 3 is 2.79 bits per heavy atom. The van der Waals surface area contributed by atoms with E-state index in [0.717, 1.165) is 31.6 Å². The molecule has 0 atom stereocenters. The van der Waals surface area contributed by atoms with Crippen molar-refractivity contribution < 1.29 is 14.6 Å². The van der Waals surface area contributed by atoms with Crippen LogP contribution >= 0.6 is 23.2 Å². The fourth-order valence-corrected chi connectivity index (χ4v) is 3.90. The van der Waals surface area contributed by atoms with Crippen molar-refractivity contribution in [2.45, 2.75) is 38.1 Å². The number of halogens is 2. The summed E-state index contributed by atoms with van der Waals surface area (Å²) in [5.41, 5.74) is 1.15. The van der Waals surface area contributed by atoms with Gasteiger partial charge in [0.2, 0.25) is 5.91 Å². The minimum Gasteiger partial charge on any atom is -0.492 e. The zero-order valence-electron chi connectivity index (χ0n) is 15.7. The molecule has 3 rings (SSSR count). The number of benzene rings is 1. The van der Waals surface area contributed by atoms with Crippen LogP contribution in [0.25, 0.3) is 0 Å². The third-order valence-corrected chi connectivity index (χ3v) is 5.84. The first-order valence-electron chi connectivity index (χ1n) is 9.57. The molecule has 1 fully saturated rings. The second-order valence-electron chi connectivity index (χ2n) is 6.86. The van der Waals surface area contributed by atoms with Crippen LogP contribution in [0.2, 0.25) is 10.0 Å². The minimum absolute atomic E-state index is 0.0779. The Kier molecular flexibility index (Phi) is 7.59. The fraction of sp³-hybridized carbons (Fsp3) is 0.500. The maximum atomic E-state index is 12.5. The van der Waals surface area contributed by atoms with E-state index in [9.17, 15) is 4.79 Å². The van der Waals surface area contributed by atoms with Gasteiger partial charge in [0, 0.05) is 37.3 Å². The van der Waals surface area contributed by atoms with Crippen molar-refractivity contribution in [1.29, 1.82) is 0 Å². The van der Waals surface area contributed by atoms with Gasteiger partial charge >= 0.3 is 0 Å². The van der Waals surface area contributed by atoms with E-state index < -0.39 is 0 Å². The predicted octanol–water partition coefficient (Wildman–Crippen LogP) is 3.75. The van der Waals surface area contributed by atoms with Gasteiger partial charge in [-0.3, -0.25) is 9.48 Å². The number of carbonyl (C=O) groups is 1. The molecule has 2 heterocycles. The molecule has 0 bridgehead atoms. The first kappa shape index (κ1) is 21.0. The molecule has 1 amide bonds. The van der Waals surface area contributed by atoms with Gasteiger partial charge in [-0.1, -0.05) is 29.3 Å². The maximum absolute atomic E-state index is 12.5. The summed E-state index contributed by atoms with van der Waals surface area (Å²) in [6.07, 6.45) is 4.68. The van der Waals surface area contributed by atoms with Crippen LogP contribution in [0.15, 0.2) is 30.5 Å². The summed E-state index contributed by atoms with van der Waals surface area (Å²) < 4.78 is 7.50. The third kappa shape index (κ3) is 5.19. The van der Waals surface area contributed by atoms with Crippen molar-refractivity contribution in [3.63, 3.8) is 0 Å². The molecule has 0 spiro atoms. The molecule has 6 nitrogen and oxygen atoms in total. The van der Waals surface area contributed by atoms with Gasteiger partial charge in [-0.05, 0) is 37.5 Å². The van der Waals surface area contributed by atoms with Gasteiger partial charge in [0.25, 0.3) is 0 Å². The third-order valence-electron chi connectivity index (χ3n) is 5.04. The van der Waals surface area contributed by atoms with E-state index in [2.05, 4.69) is 5.10 Å². The first-order chi connectivity index (χ1) is 13.6. The van der Waals surface area contributed by atoms with Crippen molar-refractivity contribution in [1.82, 2.24) is 14.7 Å². The quantitative estimate of drug-likeness (QED) is 0.653. The summed E-state index contributed by atoms with van der Waals surface area (Å²) in [5.74, 6) is 1.08. The normalized spacial score (nSPS) is 15.0. The summed E-state index contributed by atoms with van der Waals surface area (Å²) in [6, 6.07) is 7.27. The Bertz CT molecular complexity index is 789. The molecule has 1 aromatic heterocycles. The molecule has 1 aliphatic rings. The Morgan fingerprint density at radius 2 is 2.04 bits per heavy atom. The second kappa shape index (κ2) is 10.1. The number of likely N-dealkylation sites (tertiary alicyclic amines) is 1. The van der Waals surface area contributed by atoms with Gasteiger partial charge in [-0.25, -0.2) is 0 Å². The lowest BCUT2D eigenvalue weighted by Crippen LogP contribution is -2.38. The van der Waals surface area contributed by atoms with Crippen molar-refractivity contribution in [2.24, 2.45) is 0 Å². The molecular formula is C20H25Cl2N3O3. The molecule has 28 heavy (non-hydrogen) atoms. The summed E-state index contributed by atoms with van der Waals surface area (Å²) in [7, 11) is 0. The number of piperidine rings is 1. The lowest BCUT2D eigenvalue weighted by Gasteiger charge is -2.32. The number of hydrogen-bond acceptors (Lipinski definition) is 4. The van der Waals surface area contributed by atoms with E-state index >= 15 is 0 Å². The summed E-state index contributed by atoms with van der Waals surface area (Å²) >= 11 is 12.1. The van der Waals surface area contributed by atoms with Crippen LogP contribution in [-0.2, 0) is 11.3 Å². The number of aliphatic hydroxyl groups is 1. The number of amides is 1. The first-order valence-corrected chi connectivity index (χ1v) is 10.3. The number of aromatic nitrogens is 2. The molecule has 0 radical (unpaired) electrons. The van der Waals surface area contributed by atoms with Crippen LogP contribution in [-0.4, -0.2) is 52.0 Å². The summed E-state index contributed by atoms with van der Waals surface area (Å²) in [5, 5.41) is 14.3. The van der Waals surface area contributed by atoms with Gasteiger partial charge in [0.05, 0.1) is 24.8 Å². The van der Waals surface area contributed by atoms with E-state index in [-0.39, 0.29) is 12.5 Å². The molecule has 0 unspecified atom stereocenters. The largest absolute Gasteiger partial charge is 0.492 e. The van der Waals surface area contributed by atoms with Gasteiger partial charge in [0.15, 0.2) is 0 Å². The van der Waals surface area contributed by atoms with Crippen molar-refractivity contribution in [2.75, 3.05) is 26.3 Å². The molecule has 1 aliphatic heterocycles. The lowest BCUT2D eigenvalue weighted by atomic mass is 9.93. The smallest absolute Gasteiger partial charge is 0.222 e. The fourth-order valence-electron chi connectivity index (χ4n) is 3.56. The lowest BCUT2D eigenvalue weighted by molar-refractivity contribution is -0.132. The second-order valence-corrected chi connectivity index (χ2v) is 7.65. The molecule has 0 aliphatic carbocycles. The molecule has 1 aromatic carbocycles. The predicted molar refractivity (Wildman–Crippen MR) is 109 cm³/mol. The Labute approximate surface area is 175 Å². The van der Waals surface area contributed by atoms with Crippen LogP contribution in [0.1, 0.15) is 37.3 Å².